The third-order valence-electron chi connectivity index (χ3n) is 2.54. The summed E-state index contributed by atoms with van der Waals surface area (Å²) in [5.74, 6) is 0. The van der Waals surface area contributed by atoms with Crippen molar-refractivity contribution in [3.05, 3.63) is 0 Å². The van der Waals surface area contributed by atoms with E-state index in [1.165, 1.54) is 12.8 Å². The van der Waals surface area contributed by atoms with E-state index >= 15 is 0 Å². The molecule has 10 heavy (non-hydrogen) atoms. The highest BCUT2D eigenvalue weighted by atomic mass is 15.1. The average molecular weight is 141 g/mol. The molecule has 1 aliphatic rings. The van der Waals surface area contributed by atoms with Crippen LogP contribution >= 0.6 is 0 Å². The molecule has 1 radical (unpaired) electrons. The first-order valence-corrected chi connectivity index (χ1v) is 4.21. The van der Waals surface area contributed by atoms with Crippen molar-refractivity contribution in [2.45, 2.75) is 32.2 Å². The summed E-state index contributed by atoms with van der Waals surface area (Å²) in [5.41, 5.74) is 0.345. The molecule has 2 nitrogen and oxygen atoms in total. The molecule has 1 fully saturated rings. The lowest BCUT2D eigenvalue weighted by molar-refractivity contribution is 0.251. The smallest absolute Gasteiger partial charge is 0.0318 e. The zero-order chi connectivity index (χ0) is 7.45. The van der Waals surface area contributed by atoms with E-state index in [2.05, 4.69) is 24.5 Å². The Labute approximate surface area is 63.4 Å². The maximum atomic E-state index is 4.41. The Morgan fingerprint density at radius 2 is 2.10 bits per heavy atom. The van der Waals surface area contributed by atoms with Gasteiger partial charge in [-0.15, -0.1) is 0 Å². The molecule has 0 bridgehead atoms. The van der Waals surface area contributed by atoms with Gasteiger partial charge in [-0.2, -0.15) is 0 Å². The monoisotopic (exact) mass is 141 g/mol. The Morgan fingerprint density at radius 3 is 2.40 bits per heavy atom. The Kier molecular flexibility index (Phi) is 2.69. The van der Waals surface area contributed by atoms with Crippen LogP contribution in [0.4, 0.5) is 0 Å². The van der Waals surface area contributed by atoms with Crippen LogP contribution in [-0.2, 0) is 0 Å². The molecule has 1 N–H and O–H groups in total. The predicted molar refractivity (Wildman–Crippen MR) is 43.2 cm³/mol. The molecule has 0 aromatic rings. The number of hydrogen-bond acceptors (Lipinski definition) is 1. The Balaban J connectivity index is 2.44. The summed E-state index contributed by atoms with van der Waals surface area (Å²) < 4.78 is 0. The van der Waals surface area contributed by atoms with Gasteiger partial charge in [-0.3, -0.25) is 0 Å². The van der Waals surface area contributed by atoms with Gasteiger partial charge in [-0.1, -0.05) is 13.8 Å². The van der Waals surface area contributed by atoms with E-state index in [-0.39, 0.29) is 0 Å². The number of piperazine rings is 1. The molecule has 0 unspecified atom stereocenters. The minimum Gasteiger partial charge on any atom is -0.309 e. The van der Waals surface area contributed by atoms with Gasteiger partial charge in [0.2, 0.25) is 0 Å². The molecule has 0 aromatic carbocycles. The maximum absolute atomic E-state index is 4.41. The fourth-order valence-corrected chi connectivity index (χ4v) is 1.47. The van der Waals surface area contributed by atoms with Crippen LogP contribution in [0.15, 0.2) is 0 Å². The summed E-state index contributed by atoms with van der Waals surface area (Å²) in [5, 5.41) is 7.95. The lowest BCUT2D eigenvalue weighted by atomic mass is 9.91. The summed E-state index contributed by atoms with van der Waals surface area (Å²) in [4.78, 5) is 0. The molecule has 1 saturated heterocycles. The van der Waals surface area contributed by atoms with Crippen molar-refractivity contribution in [2.75, 3.05) is 19.6 Å². The second kappa shape index (κ2) is 3.35. The van der Waals surface area contributed by atoms with Gasteiger partial charge in [-0.25, -0.2) is 5.32 Å². The van der Waals surface area contributed by atoms with E-state index in [0.717, 1.165) is 19.6 Å². The molecule has 1 heterocycles. The molecule has 0 saturated carbocycles. The fourth-order valence-electron chi connectivity index (χ4n) is 1.47. The zero-order valence-corrected chi connectivity index (χ0v) is 6.98. The standard InChI is InChI=1S/C8H17N2/c1-3-8(4-2)7-9-5-6-10-8/h10H,3-7H2,1-2H3. The third kappa shape index (κ3) is 1.50. The van der Waals surface area contributed by atoms with Gasteiger partial charge in [-0.05, 0) is 12.8 Å². The molecule has 0 amide bonds. The number of nitrogens with zero attached hydrogens (tertiary/aromatic N) is 1. The predicted octanol–water partition coefficient (Wildman–Crippen LogP) is 0.753. The van der Waals surface area contributed by atoms with Crippen molar-refractivity contribution >= 4 is 0 Å². The van der Waals surface area contributed by atoms with Crippen LogP contribution in [0.25, 0.3) is 0 Å². The van der Waals surface area contributed by atoms with Crippen LogP contribution in [0, 0.1) is 0 Å². The van der Waals surface area contributed by atoms with Gasteiger partial charge in [0.15, 0.2) is 0 Å². The van der Waals surface area contributed by atoms with Crippen molar-refractivity contribution in [3.63, 3.8) is 0 Å². The van der Waals surface area contributed by atoms with E-state index < -0.39 is 0 Å². The van der Waals surface area contributed by atoms with Gasteiger partial charge in [0.25, 0.3) is 0 Å². The normalized spacial score (nSPS) is 24.6. The van der Waals surface area contributed by atoms with Gasteiger partial charge < -0.3 is 5.32 Å². The van der Waals surface area contributed by atoms with Crippen LogP contribution in [-0.4, -0.2) is 25.2 Å². The minimum atomic E-state index is 0.345. The van der Waals surface area contributed by atoms with Crippen LogP contribution in [0.2, 0.25) is 0 Å². The molecule has 1 aliphatic heterocycles. The van der Waals surface area contributed by atoms with Gasteiger partial charge in [0, 0.05) is 25.2 Å². The molecule has 0 aromatic heterocycles. The highest BCUT2D eigenvalue weighted by Crippen LogP contribution is 2.15. The average Bonchev–Trinajstić information content (AvgIpc) is 2.06. The molecule has 0 spiro atoms. The van der Waals surface area contributed by atoms with Crippen molar-refractivity contribution in [1.82, 2.24) is 10.6 Å². The molecule has 0 aliphatic carbocycles. The highest BCUT2D eigenvalue weighted by molar-refractivity contribution is 4.90. The lowest BCUT2D eigenvalue weighted by Gasteiger charge is -2.36. The SMILES string of the molecule is CCC1(CC)C[N]CCN1. The lowest BCUT2D eigenvalue weighted by Crippen LogP contribution is -2.56. The fraction of sp³-hybridized carbons (Fsp3) is 1.00. The van der Waals surface area contributed by atoms with Crippen molar-refractivity contribution in [3.8, 4) is 0 Å². The highest BCUT2D eigenvalue weighted by Gasteiger charge is 2.27. The summed E-state index contributed by atoms with van der Waals surface area (Å²) in [6.45, 7) is 7.55. The van der Waals surface area contributed by atoms with Crippen molar-refractivity contribution < 1.29 is 0 Å². The van der Waals surface area contributed by atoms with E-state index in [1.807, 2.05) is 0 Å². The van der Waals surface area contributed by atoms with Crippen LogP contribution in [0.3, 0.4) is 0 Å². The van der Waals surface area contributed by atoms with E-state index in [1.54, 1.807) is 0 Å². The second-order valence-electron chi connectivity index (χ2n) is 3.02. The molecule has 0 atom stereocenters. The first-order valence-electron chi connectivity index (χ1n) is 4.21. The van der Waals surface area contributed by atoms with Crippen molar-refractivity contribution in [1.29, 1.82) is 0 Å². The number of hydrogen-bond donors (Lipinski definition) is 1. The molecule has 1 rings (SSSR count). The molecule has 59 valence electrons. The van der Waals surface area contributed by atoms with Gasteiger partial charge in [0.05, 0.1) is 0 Å². The van der Waals surface area contributed by atoms with E-state index in [9.17, 15) is 0 Å². The second-order valence-corrected chi connectivity index (χ2v) is 3.02. The number of rotatable bonds is 2. The largest absolute Gasteiger partial charge is 0.309 e. The first-order chi connectivity index (χ1) is 4.83. The summed E-state index contributed by atoms with van der Waals surface area (Å²) in [6, 6.07) is 0. The first kappa shape index (κ1) is 8.02. The summed E-state index contributed by atoms with van der Waals surface area (Å²) in [6.07, 6.45) is 2.40. The Bertz CT molecular complexity index is 89.4. The van der Waals surface area contributed by atoms with Crippen LogP contribution in [0.1, 0.15) is 26.7 Å². The van der Waals surface area contributed by atoms with Crippen LogP contribution in [0.5, 0.6) is 0 Å². The maximum Gasteiger partial charge on any atom is 0.0318 e. The van der Waals surface area contributed by atoms with Gasteiger partial charge >= 0.3 is 0 Å². The molecular formula is C8H17N2. The van der Waals surface area contributed by atoms with E-state index in [0.29, 0.717) is 5.54 Å². The number of nitrogens with one attached hydrogen (secondary N) is 1. The zero-order valence-electron chi connectivity index (χ0n) is 6.98. The summed E-state index contributed by atoms with van der Waals surface area (Å²) in [7, 11) is 0. The topological polar surface area (TPSA) is 26.1 Å². The van der Waals surface area contributed by atoms with Gasteiger partial charge in [0.1, 0.15) is 0 Å². The van der Waals surface area contributed by atoms with Crippen molar-refractivity contribution in [2.24, 2.45) is 0 Å². The van der Waals surface area contributed by atoms with E-state index in [4.69, 9.17) is 0 Å². The quantitative estimate of drug-likeness (QED) is 0.603. The molecule has 2 heteroatoms. The Morgan fingerprint density at radius 1 is 1.40 bits per heavy atom. The Hall–Kier alpha value is -0.0800. The molecular weight excluding hydrogens is 124 g/mol. The van der Waals surface area contributed by atoms with Crippen LogP contribution < -0.4 is 10.6 Å². The summed E-state index contributed by atoms with van der Waals surface area (Å²) >= 11 is 0. The third-order valence-corrected chi connectivity index (χ3v) is 2.54. The minimum absolute atomic E-state index is 0.345.